The molecule has 54 valence electrons. The lowest BCUT2D eigenvalue weighted by Gasteiger charge is -2.39. The summed E-state index contributed by atoms with van der Waals surface area (Å²) >= 11 is 0. The van der Waals surface area contributed by atoms with Crippen LogP contribution in [0.4, 0.5) is 0 Å². The Morgan fingerprint density at radius 3 is 1.89 bits per heavy atom. The number of rotatable bonds is 1. The highest BCUT2D eigenvalue weighted by molar-refractivity contribution is 7.63. The Balaban J connectivity index is 2.71. The number of hydrogen-bond acceptors (Lipinski definition) is 2. The van der Waals surface area contributed by atoms with Gasteiger partial charge in [-0.25, -0.2) is 0 Å². The maximum absolute atomic E-state index is 11.3. The zero-order chi connectivity index (χ0) is 7.12. The third-order valence-corrected chi connectivity index (χ3v) is 4.61. The summed E-state index contributed by atoms with van der Waals surface area (Å²) in [5.74, 6) is 0. The van der Waals surface area contributed by atoms with Crippen LogP contribution in [-0.4, -0.2) is 23.8 Å². The van der Waals surface area contributed by atoms with Gasteiger partial charge in [-0.15, -0.1) is 0 Å². The summed E-state index contributed by atoms with van der Waals surface area (Å²) in [6.07, 6.45) is 2.50. The van der Waals surface area contributed by atoms with Crippen molar-refractivity contribution < 1.29 is 9.67 Å². The first-order chi connectivity index (χ1) is 3.96. The fourth-order valence-electron chi connectivity index (χ4n) is 1.03. The number of hydrogen-bond donors (Lipinski definition) is 1. The number of aliphatic hydroxyl groups is 1. The van der Waals surface area contributed by atoms with Crippen molar-refractivity contribution in [2.45, 2.75) is 24.6 Å². The molecular weight excluding hydrogens is 135 g/mol. The quantitative estimate of drug-likeness (QED) is 0.572. The molecule has 3 heteroatoms. The topological polar surface area (TPSA) is 37.3 Å². The Morgan fingerprint density at radius 2 is 1.89 bits per heavy atom. The fourth-order valence-corrected chi connectivity index (χ4v) is 2.42. The van der Waals surface area contributed by atoms with Gasteiger partial charge in [0.05, 0.1) is 0 Å². The average Bonchev–Trinajstić information content (AvgIpc) is 1.57. The van der Waals surface area contributed by atoms with Crippen LogP contribution in [0.3, 0.4) is 0 Å². The van der Waals surface area contributed by atoms with Crippen molar-refractivity contribution in [3.8, 4) is 0 Å². The molecule has 2 nitrogen and oxygen atoms in total. The molecule has 1 fully saturated rings. The van der Waals surface area contributed by atoms with Gasteiger partial charge in [0.2, 0.25) is 0 Å². The summed E-state index contributed by atoms with van der Waals surface area (Å²) in [7, 11) is -2.23. The van der Waals surface area contributed by atoms with Crippen LogP contribution < -0.4 is 0 Å². The minimum atomic E-state index is -2.23. The molecule has 0 radical (unpaired) electrons. The van der Waals surface area contributed by atoms with E-state index in [0.29, 0.717) is 0 Å². The van der Waals surface area contributed by atoms with E-state index in [0.717, 1.165) is 19.3 Å². The molecule has 9 heavy (non-hydrogen) atoms. The molecule has 0 spiro atoms. The van der Waals surface area contributed by atoms with Crippen LogP contribution in [0.15, 0.2) is 0 Å². The predicted octanol–water partition coefficient (Wildman–Crippen LogP) is 1.48. The molecule has 0 bridgehead atoms. The Labute approximate surface area is 55.6 Å². The first kappa shape index (κ1) is 7.30. The molecule has 1 rings (SSSR count). The molecule has 0 aliphatic heterocycles. The summed E-state index contributed by atoms with van der Waals surface area (Å²) < 4.78 is 11.3. The van der Waals surface area contributed by atoms with Crippen LogP contribution in [0.5, 0.6) is 0 Å². The van der Waals surface area contributed by atoms with Crippen LogP contribution in [0.25, 0.3) is 0 Å². The monoisotopic (exact) mass is 148 g/mol. The molecular formula is C6H13O2P. The van der Waals surface area contributed by atoms with Gasteiger partial charge in [-0.2, -0.15) is 0 Å². The normalized spacial score (nSPS) is 25.2. The Kier molecular flexibility index (Phi) is 1.49. The SMILES string of the molecule is CP(C)(=O)C1(O)CCC1. The van der Waals surface area contributed by atoms with Gasteiger partial charge < -0.3 is 9.67 Å². The zero-order valence-electron chi connectivity index (χ0n) is 5.92. The second kappa shape index (κ2) is 1.83. The molecule has 0 heterocycles. The van der Waals surface area contributed by atoms with Gasteiger partial charge in [-0.1, -0.05) is 0 Å². The molecule has 1 aliphatic rings. The van der Waals surface area contributed by atoms with E-state index in [1.165, 1.54) is 0 Å². The fraction of sp³-hybridized carbons (Fsp3) is 1.00. The van der Waals surface area contributed by atoms with E-state index >= 15 is 0 Å². The lowest BCUT2D eigenvalue weighted by molar-refractivity contribution is 0.0457. The van der Waals surface area contributed by atoms with Crippen molar-refractivity contribution in [3.63, 3.8) is 0 Å². The average molecular weight is 148 g/mol. The smallest absolute Gasteiger partial charge is 0.117 e. The summed E-state index contributed by atoms with van der Waals surface area (Å²) in [6, 6.07) is 0. The van der Waals surface area contributed by atoms with Crippen LogP contribution >= 0.6 is 7.14 Å². The molecule has 1 aliphatic carbocycles. The zero-order valence-corrected chi connectivity index (χ0v) is 6.82. The molecule has 0 unspecified atom stereocenters. The van der Waals surface area contributed by atoms with Crippen LogP contribution in [-0.2, 0) is 4.57 Å². The lowest BCUT2D eigenvalue weighted by atomic mass is 9.95. The molecule has 0 amide bonds. The van der Waals surface area contributed by atoms with Gasteiger partial charge in [0.25, 0.3) is 0 Å². The summed E-state index contributed by atoms with van der Waals surface area (Å²) in [4.78, 5) is 0. The maximum Gasteiger partial charge on any atom is 0.117 e. The third-order valence-electron chi connectivity index (χ3n) is 2.16. The van der Waals surface area contributed by atoms with Gasteiger partial charge in [0.1, 0.15) is 12.5 Å². The van der Waals surface area contributed by atoms with E-state index in [1.54, 1.807) is 13.3 Å². The summed E-state index contributed by atoms with van der Waals surface area (Å²) in [5.41, 5.74) is 0. The highest BCUT2D eigenvalue weighted by Crippen LogP contribution is 2.59. The molecule has 0 atom stereocenters. The highest BCUT2D eigenvalue weighted by Gasteiger charge is 2.44. The van der Waals surface area contributed by atoms with Gasteiger partial charge in [0, 0.05) is 0 Å². The van der Waals surface area contributed by atoms with Crippen molar-refractivity contribution >= 4 is 7.14 Å². The summed E-state index contributed by atoms with van der Waals surface area (Å²) in [5, 5.41) is 8.70. The third kappa shape index (κ3) is 1.06. The van der Waals surface area contributed by atoms with Crippen molar-refractivity contribution in [2.24, 2.45) is 0 Å². The highest BCUT2D eigenvalue weighted by atomic mass is 31.2. The molecule has 1 N–H and O–H groups in total. The largest absolute Gasteiger partial charge is 0.382 e. The van der Waals surface area contributed by atoms with E-state index in [1.807, 2.05) is 0 Å². The minimum absolute atomic E-state index is 0.733. The second-order valence-corrected chi connectivity index (χ2v) is 6.72. The van der Waals surface area contributed by atoms with Crippen LogP contribution in [0.1, 0.15) is 19.3 Å². The van der Waals surface area contributed by atoms with E-state index in [9.17, 15) is 9.67 Å². The molecule has 0 aromatic heterocycles. The van der Waals surface area contributed by atoms with Gasteiger partial charge in [-0.05, 0) is 32.6 Å². The molecule has 0 saturated heterocycles. The standard InChI is InChI=1S/C6H13O2P/c1-9(2,8)6(7)4-3-5-6/h7H,3-5H2,1-2H3. The van der Waals surface area contributed by atoms with E-state index in [4.69, 9.17) is 0 Å². The van der Waals surface area contributed by atoms with Gasteiger partial charge >= 0.3 is 0 Å². The van der Waals surface area contributed by atoms with Crippen molar-refractivity contribution in [1.82, 2.24) is 0 Å². The van der Waals surface area contributed by atoms with Crippen molar-refractivity contribution in [1.29, 1.82) is 0 Å². The molecule has 0 aromatic rings. The second-order valence-electron chi connectivity index (χ2n) is 3.19. The van der Waals surface area contributed by atoms with Crippen molar-refractivity contribution in [3.05, 3.63) is 0 Å². The predicted molar refractivity (Wildman–Crippen MR) is 38.3 cm³/mol. The summed E-state index contributed by atoms with van der Waals surface area (Å²) in [6.45, 7) is 3.32. The van der Waals surface area contributed by atoms with Crippen LogP contribution in [0, 0.1) is 0 Å². The Hall–Kier alpha value is 0.190. The van der Waals surface area contributed by atoms with E-state index in [-0.39, 0.29) is 0 Å². The minimum Gasteiger partial charge on any atom is -0.382 e. The Bertz CT molecular complexity index is 154. The van der Waals surface area contributed by atoms with E-state index in [2.05, 4.69) is 0 Å². The maximum atomic E-state index is 11.3. The lowest BCUT2D eigenvalue weighted by Crippen LogP contribution is -2.35. The van der Waals surface area contributed by atoms with Gasteiger partial charge in [-0.3, -0.25) is 0 Å². The van der Waals surface area contributed by atoms with Crippen LogP contribution in [0.2, 0.25) is 0 Å². The van der Waals surface area contributed by atoms with Gasteiger partial charge in [0.15, 0.2) is 0 Å². The van der Waals surface area contributed by atoms with E-state index < -0.39 is 12.5 Å². The molecule has 1 saturated carbocycles. The first-order valence-electron chi connectivity index (χ1n) is 3.23. The molecule has 0 aromatic carbocycles. The van der Waals surface area contributed by atoms with Crippen molar-refractivity contribution in [2.75, 3.05) is 13.3 Å². The first-order valence-corrected chi connectivity index (χ1v) is 5.83. The Morgan fingerprint density at radius 1 is 1.44 bits per heavy atom.